The monoisotopic (exact) mass is 166 g/mol. The Morgan fingerprint density at radius 3 is 3.00 bits per heavy atom. The molecule has 0 amide bonds. The summed E-state index contributed by atoms with van der Waals surface area (Å²) in [6.07, 6.45) is 0. The van der Waals surface area contributed by atoms with Crippen LogP contribution in [0.25, 0.3) is 0 Å². The first-order valence-electron chi connectivity index (χ1n) is 2.30. The van der Waals surface area contributed by atoms with E-state index in [1.165, 1.54) is 0 Å². The molecule has 1 N–H and O–H groups in total. The van der Waals surface area contributed by atoms with Gasteiger partial charge in [0.05, 0.1) is 0 Å². The normalized spacial score (nSPS) is 56.9. The van der Waals surface area contributed by atoms with E-state index in [4.69, 9.17) is 0 Å². The molecule has 2 aliphatic heterocycles. The summed E-state index contributed by atoms with van der Waals surface area (Å²) >= 11 is -1.43. The van der Waals surface area contributed by atoms with Crippen LogP contribution in [0.1, 0.15) is 0 Å². The summed E-state index contributed by atoms with van der Waals surface area (Å²) in [5.74, 6) is 0. The van der Waals surface area contributed by atoms with Gasteiger partial charge in [0.25, 0.3) is 0 Å². The van der Waals surface area contributed by atoms with Crippen LogP contribution in [0.5, 0.6) is 0 Å². The van der Waals surface area contributed by atoms with Crippen LogP contribution in [0.15, 0.2) is 0 Å². The molecule has 0 aliphatic carbocycles. The van der Waals surface area contributed by atoms with E-state index in [1.807, 2.05) is 3.92 Å². The first kappa shape index (κ1) is 4.15. The van der Waals surface area contributed by atoms with Gasteiger partial charge in [-0.1, -0.05) is 0 Å². The van der Waals surface area contributed by atoms with Gasteiger partial charge in [-0.2, -0.15) is 0 Å². The van der Waals surface area contributed by atoms with E-state index in [-0.39, 0.29) is 0 Å². The fraction of sp³-hybridized carbons (Fsp3) is 1.00. The molecule has 3 unspecified atom stereocenters. The maximum atomic E-state index is 10.6. The molecule has 0 spiro atoms. The molecule has 2 saturated heterocycles. The molecule has 7 heavy (non-hydrogen) atoms. The molecule has 0 aromatic heterocycles. The summed E-state index contributed by atoms with van der Waals surface area (Å²) in [5.41, 5.74) is 0. The van der Waals surface area contributed by atoms with Gasteiger partial charge in [0, 0.05) is 0 Å². The average Bonchev–Trinajstić information content (AvgIpc) is 2.26. The summed E-state index contributed by atoms with van der Waals surface area (Å²) in [6.45, 7) is 2.05. The molecule has 0 aromatic rings. The molecule has 3 atom stereocenters. The molecule has 2 aliphatic rings. The van der Waals surface area contributed by atoms with Crippen molar-refractivity contribution < 1.29 is 3.83 Å². The molecule has 0 aromatic carbocycles. The van der Waals surface area contributed by atoms with Crippen LogP contribution in [0.2, 0.25) is 0 Å². The van der Waals surface area contributed by atoms with Gasteiger partial charge in [0.1, 0.15) is 0 Å². The van der Waals surface area contributed by atoms with Gasteiger partial charge in [-0.05, 0) is 0 Å². The first-order chi connectivity index (χ1) is 3.39. The minimum absolute atomic E-state index is 0.333. The van der Waals surface area contributed by atoms with Crippen LogP contribution in [-0.4, -0.2) is 36.1 Å². The summed E-state index contributed by atoms with van der Waals surface area (Å²) in [7, 11) is 0. The zero-order chi connectivity index (χ0) is 4.85. The van der Waals surface area contributed by atoms with Crippen molar-refractivity contribution in [2.75, 3.05) is 13.1 Å². The van der Waals surface area contributed by atoms with Crippen molar-refractivity contribution in [2.24, 2.45) is 0 Å². The molecule has 0 bridgehead atoms. The Labute approximate surface area is 46.0 Å². The zero-order valence-electron chi connectivity index (χ0n) is 3.76. The number of hydrogen-bond acceptors (Lipinski definition) is 2. The van der Waals surface area contributed by atoms with Crippen LogP contribution in [0, 0.1) is 0 Å². The second-order valence-corrected chi connectivity index (χ2v) is 4.80. The van der Waals surface area contributed by atoms with Gasteiger partial charge < -0.3 is 0 Å². The molecular formula is C3H6N2OSe. The molecule has 2 rings (SSSR count). The van der Waals surface area contributed by atoms with Crippen LogP contribution < -0.4 is 5.32 Å². The summed E-state index contributed by atoms with van der Waals surface area (Å²) in [6, 6.07) is 0. The van der Waals surface area contributed by atoms with Crippen LogP contribution >= 0.6 is 0 Å². The van der Waals surface area contributed by atoms with Crippen molar-refractivity contribution in [3.05, 3.63) is 0 Å². The SMILES string of the molecule is O=[Se]1C2NCCN21. The van der Waals surface area contributed by atoms with Crippen molar-refractivity contribution in [2.45, 2.75) is 5.06 Å². The van der Waals surface area contributed by atoms with E-state index >= 15 is 0 Å². The molecular weight excluding hydrogens is 159 g/mol. The molecule has 0 radical (unpaired) electrons. The van der Waals surface area contributed by atoms with Crippen molar-refractivity contribution in [1.29, 1.82) is 0 Å². The molecule has 4 heteroatoms. The van der Waals surface area contributed by atoms with Crippen LogP contribution in [0.4, 0.5) is 0 Å². The predicted molar refractivity (Wildman–Crippen MR) is 24.9 cm³/mol. The Bertz CT molecular complexity index is 114. The van der Waals surface area contributed by atoms with E-state index in [1.54, 1.807) is 0 Å². The van der Waals surface area contributed by atoms with Gasteiger partial charge in [-0.15, -0.1) is 0 Å². The number of nitrogens with zero attached hydrogens (tertiary/aromatic N) is 1. The Kier molecular flexibility index (Phi) is 0.678. The third kappa shape index (κ3) is 0.425. The number of rotatable bonds is 0. The van der Waals surface area contributed by atoms with E-state index in [2.05, 4.69) is 5.32 Å². The van der Waals surface area contributed by atoms with Gasteiger partial charge in [0.15, 0.2) is 0 Å². The molecule has 40 valence electrons. The molecule has 2 heterocycles. The predicted octanol–water partition coefficient (Wildman–Crippen LogP) is -1.31. The van der Waals surface area contributed by atoms with E-state index in [0.29, 0.717) is 5.06 Å². The van der Waals surface area contributed by atoms with Crippen molar-refractivity contribution >= 4 is 14.1 Å². The number of nitrogens with one attached hydrogen (secondary N) is 1. The fourth-order valence-electron chi connectivity index (χ4n) is 0.849. The number of hydrogen-bond donors (Lipinski definition) is 1. The second-order valence-electron chi connectivity index (χ2n) is 1.72. The summed E-state index contributed by atoms with van der Waals surface area (Å²) in [4.78, 5) is 0. The van der Waals surface area contributed by atoms with Gasteiger partial charge in [0.2, 0.25) is 0 Å². The van der Waals surface area contributed by atoms with E-state index in [0.717, 1.165) is 13.1 Å². The topological polar surface area (TPSA) is 32.1 Å². The van der Waals surface area contributed by atoms with Crippen molar-refractivity contribution in [3.63, 3.8) is 0 Å². The van der Waals surface area contributed by atoms with Crippen LogP contribution in [0.3, 0.4) is 0 Å². The van der Waals surface area contributed by atoms with Crippen molar-refractivity contribution in [1.82, 2.24) is 9.23 Å². The average molecular weight is 165 g/mol. The Balaban J connectivity index is 2.19. The minimum atomic E-state index is -1.43. The summed E-state index contributed by atoms with van der Waals surface area (Å²) < 4.78 is 12.6. The quantitative estimate of drug-likeness (QED) is 0.357. The van der Waals surface area contributed by atoms with E-state index < -0.39 is 14.1 Å². The maximum absolute atomic E-state index is 10.6. The van der Waals surface area contributed by atoms with Gasteiger partial charge in [-0.3, -0.25) is 0 Å². The van der Waals surface area contributed by atoms with Crippen molar-refractivity contribution in [3.8, 4) is 0 Å². The third-order valence-electron chi connectivity index (χ3n) is 1.29. The Hall–Kier alpha value is 0.239. The molecule has 2 fully saturated rings. The summed E-state index contributed by atoms with van der Waals surface area (Å²) in [5, 5.41) is 3.45. The Morgan fingerprint density at radius 1 is 1.86 bits per heavy atom. The molecule has 3 nitrogen and oxygen atoms in total. The first-order valence-corrected chi connectivity index (χ1v) is 4.76. The zero-order valence-corrected chi connectivity index (χ0v) is 5.47. The fourth-order valence-corrected chi connectivity index (χ4v) is 3.44. The second kappa shape index (κ2) is 1.14. The third-order valence-corrected chi connectivity index (χ3v) is 4.32. The van der Waals surface area contributed by atoms with E-state index in [9.17, 15) is 3.83 Å². The van der Waals surface area contributed by atoms with Gasteiger partial charge in [-0.25, -0.2) is 0 Å². The number of fused-ring (bicyclic) bond motifs is 1. The molecule has 0 saturated carbocycles. The Morgan fingerprint density at radius 2 is 2.71 bits per heavy atom. The standard InChI is InChI=1S/C3H6N2OSe/c6-7-3-4-1-2-5(3)7/h3-4H,1-2H2. The van der Waals surface area contributed by atoms with Gasteiger partial charge >= 0.3 is 45.3 Å². The van der Waals surface area contributed by atoms with Crippen LogP contribution in [-0.2, 0) is 3.83 Å².